The lowest BCUT2D eigenvalue weighted by atomic mass is 10.2. The molecule has 0 aliphatic rings. The highest BCUT2D eigenvalue weighted by Crippen LogP contribution is 2.26. The molecule has 24 heavy (non-hydrogen) atoms. The lowest BCUT2D eigenvalue weighted by Crippen LogP contribution is -2.23. The molecule has 120 valence electrons. The summed E-state index contributed by atoms with van der Waals surface area (Å²) in [6.07, 6.45) is 1.73. The molecule has 3 nitrogen and oxygen atoms in total. The first-order valence-corrected chi connectivity index (χ1v) is 8.75. The molecule has 0 atom stereocenters. The van der Waals surface area contributed by atoms with Crippen molar-refractivity contribution in [3.8, 4) is 0 Å². The maximum absolute atomic E-state index is 12.5. The van der Waals surface area contributed by atoms with E-state index in [-0.39, 0.29) is 5.91 Å². The summed E-state index contributed by atoms with van der Waals surface area (Å²) in [6.45, 7) is 0.428. The van der Waals surface area contributed by atoms with Crippen molar-refractivity contribution in [3.63, 3.8) is 0 Å². The first kappa shape index (κ1) is 16.3. The van der Waals surface area contributed by atoms with Crippen molar-refractivity contribution in [2.24, 2.45) is 0 Å². The topological polar surface area (TPSA) is 42.0 Å². The number of nitrogens with one attached hydrogen (secondary N) is 1. The minimum Gasteiger partial charge on any atom is -0.346 e. The van der Waals surface area contributed by atoms with Gasteiger partial charge in [-0.05, 0) is 29.8 Å². The van der Waals surface area contributed by atoms with Gasteiger partial charge in [0.15, 0.2) is 0 Å². The Bertz CT molecular complexity index is 791. The smallest absolute Gasteiger partial charge is 0.252 e. The maximum atomic E-state index is 12.5. The zero-order chi connectivity index (χ0) is 16.6. The van der Waals surface area contributed by atoms with Crippen LogP contribution in [-0.4, -0.2) is 10.9 Å². The molecule has 0 radical (unpaired) electrons. The molecule has 0 unspecified atom stereocenters. The molecule has 0 bridgehead atoms. The van der Waals surface area contributed by atoms with Crippen LogP contribution in [-0.2, 0) is 12.3 Å². The summed E-state index contributed by atoms with van der Waals surface area (Å²) in [5.41, 5.74) is 2.79. The number of carbonyl (C=O) groups excluding carboxylic acids is 1. The van der Waals surface area contributed by atoms with E-state index in [4.69, 9.17) is 0 Å². The van der Waals surface area contributed by atoms with Gasteiger partial charge < -0.3 is 5.32 Å². The van der Waals surface area contributed by atoms with Gasteiger partial charge in [0.25, 0.3) is 5.91 Å². The van der Waals surface area contributed by atoms with Crippen molar-refractivity contribution in [1.82, 2.24) is 10.3 Å². The number of hydrogen-bond acceptors (Lipinski definition) is 3. The van der Waals surface area contributed by atoms with Gasteiger partial charge in [-0.25, -0.2) is 0 Å². The highest BCUT2D eigenvalue weighted by Gasteiger charge is 2.11. The number of carbonyl (C=O) groups is 1. The van der Waals surface area contributed by atoms with Gasteiger partial charge in [-0.2, -0.15) is 0 Å². The zero-order valence-electron chi connectivity index (χ0n) is 13.2. The third-order valence-electron chi connectivity index (χ3n) is 3.53. The summed E-state index contributed by atoms with van der Waals surface area (Å²) < 4.78 is 0. The van der Waals surface area contributed by atoms with E-state index in [0.717, 1.165) is 16.3 Å². The molecule has 3 aromatic rings. The fourth-order valence-electron chi connectivity index (χ4n) is 2.28. The van der Waals surface area contributed by atoms with E-state index in [0.29, 0.717) is 12.1 Å². The average molecular weight is 334 g/mol. The van der Waals surface area contributed by atoms with Crippen LogP contribution in [0, 0.1) is 0 Å². The van der Waals surface area contributed by atoms with Gasteiger partial charge in [0, 0.05) is 16.8 Å². The third kappa shape index (κ3) is 4.46. The van der Waals surface area contributed by atoms with Crippen LogP contribution in [0.15, 0.2) is 83.9 Å². The number of pyridine rings is 1. The highest BCUT2D eigenvalue weighted by molar-refractivity contribution is 7.98. The third-order valence-corrected chi connectivity index (χ3v) is 4.67. The summed E-state index contributed by atoms with van der Waals surface area (Å²) in [5.74, 6) is 0.766. The SMILES string of the molecule is O=C(NCc1ccccn1)c1ccccc1SCc1ccccc1. The molecule has 1 N–H and O–H groups in total. The van der Waals surface area contributed by atoms with Crippen LogP contribution in [0.25, 0.3) is 0 Å². The van der Waals surface area contributed by atoms with Crippen LogP contribution < -0.4 is 5.32 Å². The van der Waals surface area contributed by atoms with Gasteiger partial charge in [-0.1, -0.05) is 48.5 Å². The molecule has 0 saturated carbocycles. The molecule has 3 rings (SSSR count). The van der Waals surface area contributed by atoms with Crippen LogP contribution in [0.1, 0.15) is 21.6 Å². The van der Waals surface area contributed by atoms with E-state index in [1.807, 2.05) is 60.7 Å². The molecular formula is C20H18N2OS. The largest absolute Gasteiger partial charge is 0.346 e. The number of nitrogens with zero attached hydrogens (tertiary/aromatic N) is 1. The lowest BCUT2D eigenvalue weighted by Gasteiger charge is -2.10. The normalized spacial score (nSPS) is 10.3. The van der Waals surface area contributed by atoms with Crippen molar-refractivity contribution in [3.05, 3.63) is 95.8 Å². The van der Waals surface area contributed by atoms with Gasteiger partial charge in [-0.3, -0.25) is 9.78 Å². The zero-order valence-corrected chi connectivity index (χ0v) is 14.0. The molecule has 0 aliphatic carbocycles. The average Bonchev–Trinajstić information content (AvgIpc) is 2.66. The van der Waals surface area contributed by atoms with E-state index >= 15 is 0 Å². The van der Waals surface area contributed by atoms with Crippen LogP contribution in [0.5, 0.6) is 0 Å². The Kier molecular flexibility index (Phi) is 5.64. The van der Waals surface area contributed by atoms with Crippen LogP contribution in [0.3, 0.4) is 0 Å². The monoisotopic (exact) mass is 334 g/mol. The summed E-state index contributed by atoms with van der Waals surface area (Å²) in [5, 5.41) is 2.94. The quantitative estimate of drug-likeness (QED) is 0.683. The summed E-state index contributed by atoms with van der Waals surface area (Å²) in [7, 11) is 0. The highest BCUT2D eigenvalue weighted by atomic mass is 32.2. The molecule has 1 amide bonds. The minimum absolute atomic E-state index is 0.0724. The van der Waals surface area contributed by atoms with Crippen LogP contribution in [0.2, 0.25) is 0 Å². The molecule has 2 aromatic carbocycles. The van der Waals surface area contributed by atoms with Gasteiger partial charge >= 0.3 is 0 Å². The van der Waals surface area contributed by atoms with Crippen LogP contribution >= 0.6 is 11.8 Å². The van der Waals surface area contributed by atoms with Gasteiger partial charge in [0.2, 0.25) is 0 Å². The summed E-state index contributed by atoms with van der Waals surface area (Å²) in [4.78, 5) is 17.7. The fraction of sp³-hybridized carbons (Fsp3) is 0.100. The van der Waals surface area contributed by atoms with Crippen molar-refractivity contribution in [2.75, 3.05) is 0 Å². The first-order chi connectivity index (χ1) is 11.8. The number of benzene rings is 2. The van der Waals surface area contributed by atoms with E-state index in [9.17, 15) is 4.79 Å². The molecule has 1 aromatic heterocycles. The fourth-order valence-corrected chi connectivity index (χ4v) is 3.29. The number of hydrogen-bond donors (Lipinski definition) is 1. The standard InChI is InChI=1S/C20H18N2OS/c23-20(22-14-17-10-6-7-13-21-17)18-11-4-5-12-19(18)24-15-16-8-2-1-3-9-16/h1-13H,14-15H2,(H,22,23). The Morgan fingerprint density at radius 3 is 2.46 bits per heavy atom. The Morgan fingerprint density at radius 1 is 0.917 bits per heavy atom. The molecular weight excluding hydrogens is 316 g/mol. The first-order valence-electron chi connectivity index (χ1n) is 7.77. The summed E-state index contributed by atoms with van der Waals surface area (Å²) in [6, 6.07) is 23.6. The van der Waals surface area contributed by atoms with Gasteiger partial charge in [-0.15, -0.1) is 11.8 Å². The minimum atomic E-state index is -0.0724. The Balaban J connectivity index is 1.65. The van der Waals surface area contributed by atoms with E-state index in [2.05, 4.69) is 22.4 Å². The predicted octanol–water partition coefficient (Wildman–Crippen LogP) is 4.30. The molecule has 0 fully saturated rings. The maximum Gasteiger partial charge on any atom is 0.252 e. The second-order valence-electron chi connectivity index (χ2n) is 5.27. The second kappa shape index (κ2) is 8.31. The van der Waals surface area contributed by atoms with Crippen molar-refractivity contribution in [1.29, 1.82) is 0 Å². The number of thioether (sulfide) groups is 1. The van der Waals surface area contributed by atoms with Crippen molar-refractivity contribution < 1.29 is 4.79 Å². The number of amides is 1. The second-order valence-corrected chi connectivity index (χ2v) is 6.29. The van der Waals surface area contributed by atoms with E-state index < -0.39 is 0 Å². The van der Waals surface area contributed by atoms with Crippen molar-refractivity contribution in [2.45, 2.75) is 17.2 Å². The molecule has 4 heteroatoms. The molecule has 0 aliphatic heterocycles. The molecule has 0 saturated heterocycles. The molecule has 1 heterocycles. The van der Waals surface area contributed by atoms with Gasteiger partial charge in [0.05, 0.1) is 17.8 Å². The van der Waals surface area contributed by atoms with Crippen molar-refractivity contribution >= 4 is 17.7 Å². The molecule has 0 spiro atoms. The summed E-state index contributed by atoms with van der Waals surface area (Å²) >= 11 is 1.67. The predicted molar refractivity (Wildman–Crippen MR) is 97.9 cm³/mol. The Labute approximate surface area is 146 Å². The van der Waals surface area contributed by atoms with E-state index in [1.54, 1.807) is 18.0 Å². The van der Waals surface area contributed by atoms with E-state index in [1.165, 1.54) is 5.56 Å². The number of rotatable bonds is 6. The Morgan fingerprint density at radius 2 is 1.67 bits per heavy atom. The van der Waals surface area contributed by atoms with Gasteiger partial charge in [0.1, 0.15) is 0 Å². The lowest BCUT2D eigenvalue weighted by molar-refractivity contribution is 0.0947. The number of aromatic nitrogens is 1. The van der Waals surface area contributed by atoms with Crippen LogP contribution in [0.4, 0.5) is 0 Å². The Hall–Kier alpha value is -2.59.